The molecule has 5 nitrogen and oxygen atoms in total. The maximum Gasteiger partial charge on any atom is 0.191 e. The second kappa shape index (κ2) is 7.65. The van der Waals surface area contributed by atoms with E-state index in [4.69, 9.17) is 16.3 Å². The van der Waals surface area contributed by atoms with Crippen molar-refractivity contribution in [2.24, 2.45) is 7.05 Å². The van der Waals surface area contributed by atoms with Gasteiger partial charge in [-0.15, -0.1) is 21.5 Å². The van der Waals surface area contributed by atoms with Gasteiger partial charge < -0.3 is 9.30 Å². The third-order valence-electron chi connectivity index (χ3n) is 3.78. The maximum atomic E-state index is 6.11. The quantitative estimate of drug-likeness (QED) is 0.427. The SMILES string of the molecule is Cn1c(COc2ccccc2Cl)nnc1SCc1nc2ccccc2s1. The molecule has 0 N–H and O–H groups in total. The van der Waals surface area contributed by atoms with E-state index in [1.165, 1.54) is 4.70 Å². The molecule has 0 aliphatic rings. The third kappa shape index (κ3) is 3.70. The number of aromatic nitrogens is 4. The van der Waals surface area contributed by atoms with Gasteiger partial charge in [-0.05, 0) is 24.3 Å². The number of para-hydroxylation sites is 2. The summed E-state index contributed by atoms with van der Waals surface area (Å²) in [4.78, 5) is 4.65. The van der Waals surface area contributed by atoms with Crippen LogP contribution in [-0.2, 0) is 19.4 Å². The molecule has 0 radical (unpaired) electrons. The number of ether oxygens (including phenoxy) is 1. The lowest BCUT2D eigenvalue weighted by Gasteiger charge is -2.07. The molecule has 4 rings (SSSR count). The van der Waals surface area contributed by atoms with Crippen LogP contribution in [0, 0.1) is 0 Å². The van der Waals surface area contributed by atoms with Gasteiger partial charge in [0.15, 0.2) is 11.0 Å². The highest BCUT2D eigenvalue weighted by atomic mass is 35.5. The molecule has 2 aromatic carbocycles. The first-order valence-electron chi connectivity index (χ1n) is 7.93. The average Bonchev–Trinajstić information content (AvgIpc) is 3.22. The Labute approximate surface area is 164 Å². The van der Waals surface area contributed by atoms with Crippen molar-refractivity contribution in [3.8, 4) is 5.75 Å². The lowest BCUT2D eigenvalue weighted by Crippen LogP contribution is -2.04. The summed E-state index contributed by atoms with van der Waals surface area (Å²) in [6.07, 6.45) is 0. The number of fused-ring (bicyclic) bond motifs is 1. The van der Waals surface area contributed by atoms with E-state index in [2.05, 4.69) is 21.2 Å². The number of nitrogens with zero attached hydrogens (tertiary/aromatic N) is 4. The smallest absolute Gasteiger partial charge is 0.191 e. The Bertz CT molecular complexity index is 1010. The second-order valence-electron chi connectivity index (χ2n) is 5.54. The van der Waals surface area contributed by atoms with Crippen molar-refractivity contribution in [2.75, 3.05) is 0 Å². The Morgan fingerprint density at radius 2 is 1.92 bits per heavy atom. The molecular weight excluding hydrogens is 388 g/mol. The zero-order chi connectivity index (χ0) is 17.9. The van der Waals surface area contributed by atoms with E-state index >= 15 is 0 Å². The molecule has 0 bridgehead atoms. The van der Waals surface area contributed by atoms with Crippen LogP contribution in [0.25, 0.3) is 10.2 Å². The van der Waals surface area contributed by atoms with E-state index in [0.29, 0.717) is 17.4 Å². The van der Waals surface area contributed by atoms with Crippen molar-refractivity contribution < 1.29 is 4.74 Å². The molecule has 0 fully saturated rings. The third-order valence-corrected chi connectivity index (χ3v) is 6.34. The van der Waals surface area contributed by atoms with Crippen LogP contribution >= 0.6 is 34.7 Å². The predicted octanol–water partition coefficient (Wildman–Crippen LogP) is 4.95. The zero-order valence-corrected chi connectivity index (χ0v) is 16.3. The minimum Gasteiger partial charge on any atom is -0.484 e. The molecule has 4 aromatic rings. The molecule has 26 heavy (non-hydrogen) atoms. The second-order valence-corrected chi connectivity index (χ2v) is 8.01. The van der Waals surface area contributed by atoms with Crippen molar-refractivity contribution in [1.82, 2.24) is 19.7 Å². The molecule has 0 amide bonds. The Morgan fingerprint density at radius 1 is 1.12 bits per heavy atom. The molecule has 0 spiro atoms. The van der Waals surface area contributed by atoms with Crippen molar-refractivity contribution in [3.63, 3.8) is 0 Å². The molecule has 2 heterocycles. The summed E-state index contributed by atoms with van der Waals surface area (Å²) in [7, 11) is 1.94. The average molecular weight is 403 g/mol. The highest BCUT2D eigenvalue weighted by molar-refractivity contribution is 7.98. The van der Waals surface area contributed by atoms with Crippen LogP contribution in [0.2, 0.25) is 5.02 Å². The van der Waals surface area contributed by atoms with E-state index in [1.54, 1.807) is 29.2 Å². The normalized spacial score (nSPS) is 11.2. The number of hydrogen-bond acceptors (Lipinski definition) is 6. The Kier molecular flexibility index (Phi) is 5.10. The monoisotopic (exact) mass is 402 g/mol. The van der Waals surface area contributed by atoms with Gasteiger partial charge in [0.1, 0.15) is 17.4 Å². The van der Waals surface area contributed by atoms with Crippen LogP contribution in [0.15, 0.2) is 53.7 Å². The summed E-state index contributed by atoms with van der Waals surface area (Å²) < 4.78 is 8.89. The molecule has 0 atom stereocenters. The topological polar surface area (TPSA) is 52.8 Å². The van der Waals surface area contributed by atoms with Crippen molar-refractivity contribution in [3.05, 3.63) is 64.4 Å². The highest BCUT2D eigenvalue weighted by Crippen LogP contribution is 2.28. The van der Waals surface area contributed by atoms with Gasteiger partial charge in [0.25, 0.3) is 0 Å². The summed E-state index contributed by atoms with van der Waals surface area (Å²) in [5.41, 5.74) is 1.04. The number of hydrogen-bond donors (Lipinski definition) is 0. The fourth-order valence-corrected chi connectivity index (χ4v) is 4.49. The lowest BCUT2D eigenvalue weighted by molar-refractivity contribution is 0.290. The van der Waals surface area contributed by atoms with Gasteiger partial charge in [-0.1, -0.05) is 47.6 Å². The number of thiazole rings is 1. The zero-order valence-electron chi connectivity index (χ0n) is 13.9. The van der Waals surface area contributed by atoms with E-state index < -0.39 is 0 Å². The molecule has 0 saturated carbocycles. The van der Waals surface area contributed by atoms with Crippen LogP contribution in [-0.4, -0.2) is 19.7 Å². The van der Waals surface area contributed by atoms with Gasteiger partial charge in [0, 0.05) is 7.05 Å². The fraction of sp³-hybridized carbons (Fsp3) is 0.167. The van der Waals surface area contributed by atoms with Crippen LogP contribution in [0.4, 0.5) is 0 Å². The van der Waals surface area contributed by atoms with Crippen LogP contribution in [0.3, 0.4) is 0 Å². The first-order chi connectivity index (χ1) is 12.7. The summed E-state index contributed by atoms with van der Waals surface area (Å²) in [5.74, 6) is 2.15. The van der Waals surface area contributed by atoms with Gasteiger partial charge >= 0.3 is 0 Å². The number of rotatable bonds is 6. The highest BCUT2D eigenvalue weighted by Gasteiger charge is 2.12. The summed E-state index contributed by atoms with van der Waals surface area (Å²) >= 11 is 9.44. The van der Waals surface area contributed by atoms with E-state index in [1.807, 2.05) is 48.0 Å². The molecule has 0 unspecified atom stereocenters. The Morgan fingerprint density at radius 3 is 2.77 bits per heavy atom. The predicted molar refractivity (Wildman–Crippen MR) is 106 cm³/mol. The summed E-state index contributed by atoms with van der Waals surface area (Å²) in [6.45, 7) is 0.314. The van der Waals surface area contributed by atoms with Gasteiger partial charge in [-0.25, -0.2) is 4.98 Å². The first-order valence-corrected chi connectivity index (χ1v) is 10.1. The maximum absolute atomic E-state index is 6.11. The van der Waals surface area contributed by atoms with Gasteiger partial charge in [-0.3, -0.25) is 0 Å². The van der Waals surface area contributed by atoms with Crippen molar-refractivity contribution >= 4 is 44.9 Å². The number of benzene rings is 2. The van der Waals surface area contributed by atoms with Gasteiger partial charge in [0.2, 0.25) is 0 Å². The van der Waals surface area contributed by atoms with Crippen molar-refractivity contribution in [1.29, 1.82) is 0 Å². The lowest BCUT2D eigenvalue weighted by atomic mass is 10.3. The van der Waals surface area contributed by atoms with Crippen LogP contribution in [0.1, 0.15) is 10.8 Å². The van der Waals surface area contributed by atoms with Gasteiger partial charge in [0.05, 0.1) is 21.0 Å². The molecule has 0 aliphatic heterocycles. The molecular formula is C18H15ClN4OS2. The van der Waals surface area contributed by atoms with E-state index in [9.17, 15) is 0 Å². The minimum absolute atomic E-state index is 0.314. The Hall–Kier alpha value is -2.09. The summed E-state index contributed by atoms with van der Waals surface area (Å²) in [6, 6.07) is 15.6. The standard InChI is InChI=1S/C18H15ClN4OS2/c1-23-16(10-24-14-8-4-2-6-12(14)19)21-22-18(23)25-11-17-20-13-7-3-5-9-15(13)26-17/h2-9H,10-11H2,1H3. The Balaban J connectivity index is 1.41. The summed E-state index contributed by atoms with van der Waals surface area (Å²) in [5, 5.41) is 11.0. The number of halogens is 1. The molecule has 2 aromatic heterocycles. The van der Waals surface area contributed by atoms with Crippen LogP contribution in [0.5, 0.6) is 5.75 Å². The minimum atomic E-state index is 0.314. The van der Waals surface area contributed by atoms with Crippen LogP contribution < -0.4 is 4.74 Å². The van der Waals surface area contributed by atoms with E-state index in [0.717, 1.165) is 27.3 Å². The molecule has 0 saturated heterocycles. The van der Waals surface area contributed by atoms with Gasteiger partial charge in [-0.2, -0.15) is 0 Å². The molecule has 132 valence electrons. The number of thioether (sulfide) groups is 1. The van der Waals surface area contributed by atoms with Crippen molar-refractivity contribution in [2.45, 2.75) is 17.5 Å². The fourth-order valence-electron chi connectivity index (χ4n) is 2.41. The largest absolute Gasteiger partial charge is 0.484 e. The van der Waals surface area contributed by atoms with E-state index in [-0.39, 0.29) is 0 Å². The first kappa shape index (κ1) is 17.3. The molecule has 0 aliphatic carbocycles. The molecule has 8 heteroatoms.